The van der Waals surface area contributed by atoms with E-state index in [9.17, 15) is 0 Å². The molecule has 7 aromatic carbocycles. The summed E-state index contributed by atoms with van der Waals surface area (Å²) < 4.78 is 5.14. The van der Waals surface area contributed by atoms with Crippen LogP contribution in [0.3, 0.4) is 0 Å². The van der Waals surface area contributed by atoms with E-state index in [-0.39, 0.29) is 10.8 Å². The fourth-order valence-corrected chi connectivity index (χ4v) is 10.8. The summed E-state index contributed by atoms with van der Waals surface area (Å²) in [5, 5.41) is 10.7. The van der Waals surface area contributed by atoms with Crippen LogP contribution in [-0.2, 0) is 10.8 Å². The van der Waals surface area contributed by atoms with Crippen molar-refractivity contribution in [3.63, 3.8) is 0 Å². The van der Waals surface area contributed by atoms with Crippen LogP contribution >= 0.6 is 0 Å². The molecule has 4 aromatic heterocycles. The zero-order valence-corrected chi connectivity index (χ0v) is 28.4. The summed E-state index contributed by atoms with van der Waals surface area (Å²) in [5.41, 5.74) is 19.0. The summed E-state index contributed by atoms with van der Waals surface area (Å²) in [6.45, 7) is 9.52. The molecule has 234 valence electrons. The highest BCUT2D eigenvalue weighted by atomic mass is 14.9. The van der Waals surface area contributed by atoms with Gasteiger partial charge in [-0.15, -0.1) is 0 Å². The summed E-state index contributed by atoms with van der Waals surface area (Å²) in [7, 11) is 0. The Morgan fingerprint density at radius 3 is 1.10 bits per heavy atom. The van der Waals surface area contributed by atoms with Crippen molar-refractivity contribution >= 4 is 76.2 Å². The number of hydrogen-bond acceptors (Lipinski definition) is 0. The van der Waals surface area contributed by atoms with Crippen molar-refractivity contribution in [1.82, 2.24) is 8.80 Å². The molecule has 0 fully saturated rings. The van der Waals surface area contributed by atoms with Crippen LogP contribution < -0.4 is 0 Å². The molecule has 0 spiro atoms. The molecule has 13 rings (SSSR count). The van der Waals surface area contributed by atoms with Crippen LogP contribution in [0, 0.1) is 0 Å². The number of hydrogen-bond donors (Lipinski definition) is 0. The lowest BCUT2D eigenvalue weighted by Crippen LogP contribution is -2.14. The van der Waals surface area contributed by atoms with Crippen LogP contribution in [0.4, 0.5) is 0 Å². The average Bonchev–Trinajstić information content (AvgIpc) is 3.93. The SMILES string of the molecule is CC1(C)c2ccccc2-c2cc3c(cc21)c1cccc2c4cc5c(cc4n3c12)c1cccc2c3cc4c(cc3n5c21)-c1ccccc1C4(C)C. The van der Waals surface area contributed by atoms with Crippen LogP contribution in [0.15, 0.2) is 121 Å². The number of rotatable bonds is 0. The Hall–Kier alpha value is -5.86. The molecule has 0 aliphatic heterocycles. The third-order valence-corrected chi connectivity index (χ3v) is 13.2. The van der Waals surface area contributed by atoms with E-state index in [1.807, 2.05) is 0 Å². The lowest BCUT2D eigenvalue weighted by molar-refractivity contribution is 0.661. The number of fused-ring (bicyclic) bond motifs is 18. The van der Waals surface area contributed by atoms with Crippen LogP contribution in [0.2, 0.25) is 0 Å². The van der Waals surface area contributed by atoms with E-state index in [0.29, 0.717) is 0 Å². The molecule has 2 aliphatic rings. The second-order valence-corrected chi connectivity index (χ2v) is 16.1. The van der Waals surface area contributed by atoms with Crippen LogP contribution in [0.1, 0.15) is 49.9 Å². The van der Waals surface area contributed by atoms with E-state index in [2.05, 4.69) is 158 Å². The highest BCUT2D eigenvalue weighted by Gasteiger charge is 2.38. The summed E-state index contributed by atoms with van der Waals surface area (Å²) in [4.78, 5) is 0. The van der Waals surface area contributed by atoms with Gasteiger partial charge in [-0.3, -0.25) is 0 Å². The topological polar surface area (TPSA) is 8.82 Å². The van der Waals surface area contributed by atoms with E-state index in [0.717, 1.165) is 0 Å². The predicted octanol–water partition coefficient (Wildman–Crippen LogP) is 12.6. The minimum Gasteiger partial charge on any atom is -0.308 e. The summed E-state index contributed by atoms with van der Waals surface area (Å²) >= 11 is 0. The number of para-hydroxylation sites is 2. The van der Waals surface area contributed by atoms with Gasteiger partial charge >= 0.3 is 0 Å². The zero-order chi connectivity index (χ0) is 33.0. The smallest absolute Gasteiger partial charge is 0.0620 e. The molecule has 50 heavy (non-hydrogen) atoms. The van der Waals surface area contributed by atoms with Gasteiger partial charge in [-0.25, -0.2) is 0 Å². The van der Waals surface area contributed by atoms with Crippen LogP contribution in [0.5, 0.6) is 0 Å². The van der Waals surface area contributed by atoms with Crippen molar-refractivity contribution in [1.29, 1.82) is 0 Å². The van der Waals surface area contributed by atoms with Gasteiger partial charge < -0.3 is 8.80 Å². The molecule has 11 aromatic rings. The first-order valence-corrected chi connectivity index (χ1v) is 17.9. The van der Waals surface area contributed by atoms with Gasteiger partial charge in [-0.1, -0.05) is 113 Å². The number of nitrogens with zero attached hydrogens (tertiary/aromatic N) is 2. The van der Waals surface area contributed by atoms with Crippen molar-refractivity contribution in [3.05, 3.63) is 144 Å². The minimum absolute atomic E-state index is 0.0259. The zero-order valence-electron chi connectivity index (χ0n) is 28.4. The number of benzene rings is 7. The maximum atomic E-state index is 2.57. The van der Waals surface area contributed by atoms with Crippen molar-refractivity contribution in [2.45, 2.75) is 38.5 Å². The monoisotopic (exact) mass is 636 g/mol. The predicted molar refractivity (Wildman–Crippen MR) is 211 cm³/mol. The van der Waals surface area contributed by atoms with Crippen molar-refractivity contribution in [2.24, 2.45) is 0 Å². The first-order chi connectivity index (χ1) is 24.3. The molecule has 0 saturated heterocycles. The van der Waals surface area contributed by atoms with E-state index in [4.69, 9.17) is 0 Å². The molecule has 0 atom stereocenters. The Balaban J connectivity index is 1.18. The standard InChI is InChI=1S/C48H32N2/c1-47(2)37-17-7-5-11-25(37)31-21-41-33(19-39(31)47)27-13-9-15-29-35-24-44-36(23-43(35)49(41)45(27)29)30-16-10-14-28-34-20-40-32(22-42(34)50(44)46(28)30)26-12-6-8-18-38(26)48(40,3)4/h5-24H,1-4H3. The van der Waals surface area contributed by atoms with Gasteiger partial charge in [0.15, 0.2) is 0 Å². The Morgan fingerprint density at radius 1 is 0.320 bits per heavy atom. The Morgan fingerprint density at radius 2 is 0.680 bits per heavy atom. The highest BCUT2D eigenvalue weighted by molar-refractivity contribution is 6.29. The third-order valence-electron chi connectivity index (χ3n) is 13.2. The maximum absolute atomic E-state index is 2.57. The van der Waals surface area contributed by atoms with Gasteiger partial charge in [0.1, 0.15) is 0 Å². The average molecular weight is 637 g/mol. The molecule has 4 heterocycles. The molecule has 2 aliphatic carbocycles. The van der Waals surface area contributed by atoms with Gasteiger partial charge in [0.05, 0.1) is 33.1 Å². The largest absolute Gasteiger partial charge is 0.308 e. The molecular formula is C48H32N2. The molecule has 0 amide bonds. The second-order valence-electron chi connectivity index (χ2n) is 16.1. The first-order valence-electron chi connectivity index (χ1n) is 17.9. The van der Waals surface area contributed by atoms with E-state index in [1.165, 1.54) is 121 Å². The summed E-state index contributed by atoms with van der Waals surface area (Å²) in [5.74, 6) is 0. The van der Waals surface area contributed by atoms with E-state index < -0.39 is 0 Å². The summed E-state index contributed by atoms with van der Waals surface area (Å²) in [6.07, 6.45) is 0. The fraction of sp³-hybridized carbons (Fsp3) is 0.125. The molecule has 0 unspecified atom stereocenters. The Labute approximate surface area is 288 Å². The van der Waals surface area contributed by atoms with Gasteiger partial charge in [0.2, 0.25) is 0 Å². The van der Waals surface area contributed by atoms with Gasteiger partial charge in [-0.2, -0.15) is 0 Å². The van der Waals surface area contributed by atoms with Crippen molar-refractivity contribution in [3.8, 4) is 22.3 Å². The molecular weight excluding hydrogens is 605 g/mol. The lowest BCUT2D eigenvalue weighted by Gasteiger charge is -2.21. The molecule has 2 heteroatoms. The normalized spacial score (nSPS) is 15.9. The van der Waals surface area contributed by atoms with E-state index >= 15 is 0 Å². The lowest BCUT2D eigenvalue weighted by atomic mass is 9.82. The first kappa shape index (κ1) is 26.1. The third kappa shape index (κ3) is 2.65. The molecule has 0 N–H and O–H groups in total. The van der Waals surface area contributed by atoms with Gasteiger partial charge in [0, 0.05) is 53.9 Å². The van der Waals surface area contributed by atoms with Gasteiger partial charge in [-0.05, 0) is 80.9 Å². The van der Waals surface area contributed by atoms with Crippen LogP contribution in [0.25, 0.3) is 98.4 Å². The Kier molecular flexibility index (Phi) is 4.15. The molecule has 2 nitrogen and oxygen atoms in total. The molecule has 0 saturated carbocycles. The Bertz CT molecular complexity index is 3140. The summed E-state index contributed by atoms with van der Waals surface area (Å²) in [6, 6.07) is 46.8. The fourth-order valence-electron chi connectivity index (χ4n) is 10.8. The maximum Gasteiger partial charge on any atom is 0.0620 e. The van der Waals surface area contributed by atoms with Crippen molar-refractivity contribution in [2.75, 3.05) is 0 Å². The van der Waals surface area contributed by atoms with Crippen LogP contribution in [-0.4, -0.2) is 8.80 Å². The quantitative estimate of drug-likeness (QED) is 0.157. The van der Waals surface area contributed by atoms with Gasteiger partial charge in [0.25, 0.3) is 0 Å². The van der Waals surface area contributed by atoms with Crippen molar-refractivity contribution < 1.29 is 0 Å². The molecule has 0 bridgehead atoms. The second kappa shape index (κ2) is 7.95. The molecule has 0 radical (unpaired) electrons. The number of aromatic nitrogens is 2. The minimum atomic E-state index is -0.0259. The van der Waals surface area contributed by atoms with E-state index in [1.54, 1.807) is 0 Å². The highest BCUT2D eigenvalue weighted by Crippen LogP contribution is 2.54.